The molecule has 1 aromatic carbocycles. The maximum atomic E-state index is 13.1. The standard InChI is InChI=1S/C22H24N2O3/c1-5-27-21(26)18-13(2)24-16-10-22(3,4)11-17(25)20(16)19(18)15-9-7-6-8-14(15)12-23/h6-9,19,24H,5,10-11H2,1-4H3. The summed E-state index contributed by atoms with van der Waals surface area (Å²) in [4.78, 5) is 25.9. The van der Waals surface area contributed by atoms with Crippen molar-refractivity contribution in [3.8, 4) is 6.07 Å². The SMILES string of the molecule is CCOC(=O)C1=C(C)NC2=C(C(=O)CC(C)(C)C2)C1c1ccccc1C#N. The number of carbonyl (C=O) groups excluding carboxylic acids is 2. The van der Waals surface area contributed by atoms with Crippen LogP contribution in [0.1, 0.15) is 57.6 Å². The van der Waals surface area contributed by atoms with E-state index in [0.717, 1.165) is 5.70 Å². The topological polar surface area (TPSA) is 79.2 Å². The molecule has 3 rings (SSSR count). The van der Waals surface area contributed by atoms with Crippen molar-refractivity contribution in [3.05, 3.63) is 57.9 Å². The average Bonchev–Trinajstić information content (AvgIpc) is 2.59. The summed E-state index contributed by atoms with van der Waals surface area (Å²) in [6, 6.07) is 9.34. The number of carbonyl (C=O) groups is 2. The minimum absolute atomic E-state index is 0.0146. The van der Waals surface area contributed by atoms with Crippen LogP contribution in [0.4, 0.5) is 0 Å². The fourth-order valence-electron chi connectivity index (χ4n) is 4.08. The summed E-state index contributed by atoms with van der Waals surface area (Å²) in [6.45, 7) is 7.95. The Labute approximate surface area is 159 Å². The number of dihydropyridines is 1. The second-order valence-electron chi connectivity index (χ2n) is 7.85. The molecule has 2 aliphatic rings. The molecule has 140 valence electrons. The smallest absolute Gasteiger partial charge is 0.336 e. The van der Waals surface area contributed by atoms with Crippen LogP contribution in [0.15, 0.2) is 46.8 Å². The van der Waals surface area contributed by atoms with Gasteiger partial charge < -0.3 is 10.1 Å². The van der Waals surface area contributed by atoms with E-state index in [2.05, 4.69) is 25.2 Å². The van der Waals surface area contributed by atoms with Gasteiger partial charge in [-0.2, -0.15) is 5.26 Å². The molecule has 5 nitrogen and oxygen atoms in total. The number of nitrogens with one attached hydrogen (secondary N) is 1. The highest BCUT2D eigenvalue weighted by molar-refractivity contribution is 6.04. The van der Waals surface area contributed by atoms with Gasteiger partial charge in [-0.15, -0.1) is 0 Å². The monoisotopic (exact) mass is 364 g/mol. The molecular formula is C22H24N2O3. The lowest BCUT2D eigenvalue weighted by Gasteiger charge is -2.39. The van der Waals surface area contributed by atoms with E-state index in [4.69, 9.17) is 4.74 Å². The number of nitriles is 1. The Morgan fingerprint density at radius 2 is 2.04 bits per heavy atom. The largest absolute Gasteiger partial charge is 0.463 e. The molecule has 1 N–H and O–H groups in total. The maximum Gasteiger partial charge on any atom is 0.336 e. The van der Waals surface area contributed by atoms with Crippen molar-refractivity contribution in [2.24, 2.45) is 5.41 Å². The first-order chi connectivity index (χ1) is 12.8. The number of allylic oxidation sites excluding steroid dienone is 3. The van der Waals surface area contributed by atoms with Crippen LogP contribution in [0, 0.1) is 16.7 Å². The van der Waals surface area contributed by atoms with Crippen LogP contribution in [0.2, 0.25) is 0 Å². The third-order valence-electron chi connectivity index (χ3n) is 5.13. The molecule has 1 atom stereocenters. The summed E-state index contributed by atoms with van der Waals surface area (Å²) in [5.74, 6) is -1.02. The van der Waals surface area contributed by atoms with Gasteiger partial charge in [0.2, 0.25) is 0 Å². The predicted octanol–water partition coefficient (Wildman–Crippen LogP) is 3.73. The van der Waals surface area contributed by atoms with Crippen molar-refractivity contribution in [2.45, 2.75) is 46.5 Å². The third kappa shape index (κ3) is 3.40. The first kappa shape index (κ1) is 18.9. The maximum absolute atomic E-state index is 13.1. The average molecular weight is 364 g/mol. The Morgan fingerprint density at radius 1 is 1.33 bits per heavy atom. The van der Waals surface area contributed by atoms with Gasteiger partial charge in [0, 0.05) is 29.3 Å². The number of ether oxygens (including phenoxy) is 1. The molecule has 5 heteroatoms. The lowest BCUT2D eigenvalue weighted by molar-refractivity contribution is -0.138. The Bertz CT molecular complexity index is 916. The number of Topliss-reactive ketones (excluding diaryl/α,β-unsaturated/α-hetero) is 1. The zero-order valence-electron chi connectivity index (χ0n) is 16.2. The normalized spacial score (nSPS) is 21.3. The van der Waals surface area contributed by atoms with Crippen LogP contribution in [-0.4, -0.2) is 18.4 Å². The molecule has 1 aliphatic carbocycles. The van der Waals surface area contributed by atoms with E-state index in [9.17, 15) is 14.9 Å². The van der Waals surface area contributed by atoms with E-state index in [1.807, 2.05) is 19.1 Å². The molecule has 0 bridgehead atoms. The van der Waals surface area contributed by atoms with Crippen molar-refractivity contribution in [1.29, 1.82) is 5.26 Å². The van der Waals surface area contributed by atoms with Crippen LogP contribution in [0.25, 0.3) is 0 Å². The molecule has 27 heavy (non-hydrogen) atoms. The summed E-state index contributed by atoms with van der Waals surface area (Å²) in [5.41, 5.74) is 3.50. The molecular weight excluding hydrogens is 340 g/mol. The van der Waals surface area contributed by atoms with E-state index in [1.54, 1.807) is 19.1 Å². The van der Waals surface area contributed by atoms with Gasteiger partial charge in [0.15, 0.2) is 5.78 Å². The quantitative estimate of drug-likeness (QED) is 0.827. The summed E-state index contributed by atoms with van der Waals surface area (Å²) in [7, 11) is 0. The van der Waals surface area contributed by atoms with Gasteiger partial charge >= 0.3 is 5.97 Å². The minimum Gasteiger partial charge on any atom is -0.463 e. The molecule has 1 aromatic rings. The Kier molecular flexibility index (Phi) is 4.93. The fourth-order valence-corrected chi connectivity index (χ4v) is 4.08. The molecule has 0 fully saturated rings. The number of nitrogens with zero attached hydrogens (tertiary/aromatic N) is 1. The van der Waals surface area contributed by atoms with E-state index in [1.165, 1.54) is 0 Å². The van der Waals surface area contributed by atoms with Crippen LogP contribution in [0.5, 0.6) is 0 Å². The molecule has 0 radical (unpaired) electrons. The highest BCUT2D eigenvalue weighted by Gasteiger charge is 2.43. The van der Waals surface area contributed by atoms with Gasteiger partial charge in [-0.3, -0.25) is 4.79 Å². The van der Waals surface area contributed by atoms with Crippen LogP contribution < -0.4 is 5.32 Å². The van der Waals surface area contributed by atoms with Crippen molar-refractivity contribution >= 4 is 11.8 Å². The van der Waals surface area contributed by atoms with Gasteiger partial charge in [0.25, 0.3) is 0 Å². The second kappa shape index (κ2) is 7.03. The highest BCUT2D eigenvalue weighted by Crippen LogP contribution is 2.47. The van der Waals surface area contributed by atoms with Crippen LogP contribution in [0.3, 0.4) is 0 Å². The van der Waals surface area contributed by atoms with Crippen molar-refractivity contribution < 1.29 is 14.3 Å². The molecule has 0 saturated carbocycles. The fraction of sp³-hybridized carbons (Fsp3) is 0.409. The molecule has 0 saturated heterocycles. The van der Waals surface area contributed by atoms with E-state index in [0.29, 0.717) is 40.8 Å². The van der Waals surface area contributed by atoms with Crippen molar-refractivity contribution in [3.63, 3.8) is 0 Å². The zero-order valence-corrected chi connectivity index (χ0v) is 16.2. The summed E-state index contributed by atoms with van der Waals surface area (Å²) >= 11 is 0. The minimum atomic E-state index is -0.584. The number of ketones is 1. The van der Waals surface area contributed by atoms with E-state index in [-0.39, 0.29) is 17.8 Å². The Balaban J connectivity index is 2.24. The second-order valence-corrected chi connectivity index (χ2v) is 7.85. The van der Waals surface area contributed by atoms with E-state index >= 15 is 0 Å². The van der Waals surface area contributed by atoms with Gasteiger partial charge in [-0.05, 0) is 37.3 Å². The first-order valence-electron chi connectivity index (χ1n) is 9.19. The lowest BCUT2D eigenvalue weighted by Crippen LogP contribution is -2.38. The first-order valence-corrected chi connectivity index (χ1v) is 9.19. The third-order valence-corrected chi connectivity index (χ3v) is 5.13. The van der Waals surface area contributed by atoms with Crippen LogP contribution >= 0.6 is 0 Å². The van der Waals surface area contributed by atoms with Gasteiger partial charge in [0.1, 0.15) is 0 Å². The molecule has 0 amide bonds. The summed E-state index contributed by atoms with van der Waals surface area (Å²) in [5, 5.41) is 12.9. The molecule has 1 aliphatic heterocycles. The van der Waals surface area contributed by atoms with Gasteiger partial charge in [-0.1, -0.05) is 32.0 Å². The van der Waals surface area contributed by atoms with Gasteiger partial charge in [-0.25, -0.2) is 4.79 Å². The van der Waals surface area contributed by atoms with Gasteiger partial charge in [0.05, 0.1) is 23.8 Å². The van der Waals surface area contributed by atoms with Crippen molar-refractivity contribution in [1.82, 2.24) is 5.32 Å². The van der Waals surface area contributed by atoms with Crippen molar-refractivity contribution in [2.75, 3.05) is 6.61 Å². The molecule has 1 heterocycles. The highest BCUT2D eigenvalue weighted by atomic mass is 16.5. The predicted molar refractivity (Wildman–Crippen MR) is 101 cm³/mol. The van der Waals surface area contributed by atoms with Crippen LogP contribution in [-0.2, 0) is 14.3 Å². The van der Waals surface area contributed by atoms with E-state index < -0.39 is 11.9 Å². The summed E-state index contributed by atoms with van der Waals surface area (Å²) in [6.07, 6.45) is 1.13. The number of rotatable bonds is 3. The number of benzene rings is 1. The Hall–Kier alpha value is -2.87. The molecule has 0 aromatic heterocycles. The number of esters is 1. The zero-order chi connectivity index (χ0) is 19.8. The lowest BCUT2D eigenvalue weighted by atomic mass is 9.68. The number of hydrogen-bond acceptors (Lipinski definition) is 5. The molecule has 0 spiro atoms. The Morgan fingerprint density at radius 3 is 2.70 bits per heavy atom. The molecule has 1 unspecified atom stereocenters. The number of hydrogen-bond donors (Lipinski definition) is 1. The summed E-state index contributed by atoms with van der Waals surface area (Å²) < 4.78 is 5.28.